The van der Waals surface area contributed by atoms with Crippen LogP contribution in [0.4, 0.5) is 0 Å². The fraction of sp³-hybridized carbons (Fsp3) is 0.143. The third-order valence-corrected chi connectivity index (χ3v) is 2.80. The molecule has 18 heavy (non-hydrogen) atoms. The number of carbonyl (C=O) groups is 1. The molecular weight excluding hydrogens is 248 g/mol. The molecule has 0 radical (unpaired) electrons. The molecule has 1 atom stereocenters. The first-order valence-electron chi connectivity index (χ1n) is 5.64. The second-order valence-corrected chi connectivity index (χ2v) is 4.40. The predicted octanol–water partition coefficient (Wildman–Crippen LogP) is 3.23. The van der Waals surface area contributed by atoms with Crippen LogP contribution in [0.2, 0.25) is 5.02 Å². The van der Waals surface area contributed by atoms with Gasteiger partial charge in [-0.1, -0.05) is 23.7 Å². The van der Waals surface area contributed by atoms with Gasteiger partial charge in [0, 0.05) is 16.8 Å². The number of nitrogens with one attached hydrogen (secondary N) is 1. The lowest BCUT2D eigenvalue weighted by molar-refractivity contribution is 0.0939. The first kappa shape index (κ1) is 12.6. The van der Waals surface area contributed by atoms with E-state index in [1.165, 1.54) is 0 Å². The summed E-state index contributed by atoms with van der Waals surface area (Å²) in [6.45, 7) is 1.89. The van der Waals surface area contributed by atoms with Crippen molar-refractivity contribution < 1.29 is 4.79 Å². The molecule has 0 aliphatic heterocycles. The molecule has 0 fully saturated rings. The number of hydrogen-bond acceptors (Lipinski definition) is 2. The van der Waals surface area contributed by atoms with E-state index in [4.69, 9.17) is 11.6 Å². The van der Waals surface area contributed by atoms with Gasteiger partial charge in [0.25, 0.3) is 5.91 Å². The maximum atomic E-state index is 12.0. The highest BCUT2D eigenvalue weighted by Crippen LogP contribution is 2.13. The minimum atomic E-state index is -0.157. The largest absolute Gasteiger partial charge is 0.344 e. The SMILES string of the molecule is C[C@H](NC(=O)c1cccc(Cl)c1)c1ccccn1. The molecule has 2 rings (SSSR count). The number of rotatable bonds is 3. The summed E-state index contributed by atoms with van der Waals surface area (Å²) in [5.41, 5.74) is 1.37. The van der Waals surface area contributed by atoms with Gasteiger partial charge in [-0.15, -0.1) is 0 Å². The number of aromatic nitrogens is 1. The molecule has 1 N–H and O–H groups in total. The third-order valence-electron chi connectivity index (χ3n) is 2.57. The van der Waals surface area contributed by atoms with Crippen molar-refractivity contribution in [1.82, 2.24) is 10.3 Å². The van der Waals surface area contributed by atoms with E-state index in [1.54, 1.807) is 30.5 Å². The topological polar surface area (TPSA) is 42.0 Å². The molecule has 0 unspecified atom stereocenters. The molecular formula is C14H13ClN2O. The van der Waals surface area contributed by atoms with E-state index >= 15 is 0 Å². The van der Waals surface area contributed by atoms with Crippen LogP contribution in [-0.4, -0.2) is 10.9 Å². The molecule has 1 amide bonds. The van der Waals surface area contributed by atoms with Crippen LogP contribution in [0.25, 0.3) is 0 Å². The molecule has 1 aromatic heterocycles. The van der Waals surface area contributed by atoms with E-state index in [1.807, 2.05) is 25.1 Å². The molecule has 0 saturated heterocycles. The van der Waals surface area contributed by atoms with E-state index in [2.05, 4.69) is 10.3 Å². The fourth-order valence-corrected chi connectivity index (χ4v) is 1.81. The molecule has 4 heteroatoms. The van der Waals surface area contributed by atoms with Crippen molar-refractivity contribution in [3.05, 3.63) is 64.9 Å². The first-order valence-corrected chi connectivity index (χ1v) is 6.02. The Balaban J connectivity index is 2.08. The van der Waals surface area contributed by atoms with Crippen molar-refractivity contribution in [2.45, 2.75) is 13.0 Å². The van der Waals surface area contributed by atoms with Gasteiger partial charge >= 0.3 is 0 Å². The van der Waals surface area contributed by atoms with Gasteiger partial charge in [-0.05, 0) is 37.3 Å². The van der Waals surface area contributed by atoms with Crippen molar-refractivity contribution in [3.8, 4) is 0 Å². The Hall–Kier alpha value is -1.87. The number of carbonyl (C=O) groups excluding carboxylic acids is 1. The quantitative estimate of drug-likeness (QED) is 0.921. The summed E-state index contributed by atoms with van der Waals surface area (Å²) in [5, 5.41) is 3.43. The third kappa shape index (κ3) is 3.08. The smallest absolute Gasteiger partial charge is 0.251 e. The highest BCUT2D eigenvalue weighted by Gasteiger charge is 2.12. The summed E-state index contributed by atoms with van der Waals surface area (Å²) in [6, 6.07) is 12.3. The van der Waals surface area contributed by atoms with Crippen LogP contribution in [0.5, 0.6) is 0 Å². The van der Waals surface area contributed by atoms with Crippen molar-refractivity contribution in [1.29, 1.82) is 0 Å². The Morgan fingerprint density at radius 2 is 2.11 bits per heavy atom. The normalized spacial score (nSPS) is 11.9. The molecule has 0 saturated carbocycles. The van der Waals surface area contributed by atoms with Gasteiger partial charge in [-0.3, -0.25) is 9.78 Å². The van der Waals surface area contributed by atoms with E-state index < -0.39 is 0 Å². The Morgan fingerprint density at radius 3 is 2.78 bits per heavy atom. The van der Waals surface area contributed by atoms with E-state index in [0.29, 0.717) is 10.6 Å². The number of amides is 1. The Kier molecular flexibility index (Phi) is 3.95. The zero-order valence-electron chi connectivity index (χ0n) is 9.93. The maximum absolute atomic E-state index is 12.0. The Labute approximate surface area is 111 Å². The molecule has 0 bridgehead atoms. The molecule has 2 aromatic rings. The zero-order chi connectivity index (χ0) is 13.0. The molecule has 0 aliphatic carbocycles. The van der Waals surface area contributed by atoms with Crippen molar-refractivity contribution >= 4 is 17.5 Å². The summed E-state index contributed by atoms with van der Waals surface area (Å²) in [7, 11) is 0. The van der Waals surface area contributed by atoms with Crippen molar-refractivity contribution in [2.24, 2.45) is 0 Å². The summed E-state index contributed by atoms with van der Waals surface area (Å²) >= 11 is 5.85. The lowest BCUT2D eigenvalue weighted by atomic mass is 10.1. The van der Waals surface area contributed by atoms with Gasteiger partial charge in [-0.25, -0.2) is 0 Å². The van der Waals surface area contributed by atoms with E-state index in [9.17, 15) is 4.79 Å². The minimum Gasteiger partial charge on any atom is -0.344 e. The van der Waals surface area contributed by atoms with Crippen LogP contribution >= 0.6 is 11.6 Å². The van der Waals surface area contributed by atoms with Crippen molar-refractivity contribution in [3.63, 3.8) is 0 Å². The second kappa shape index (κ2) is 5.65. The van der Waals surface area contributed by atoms with Gasteiger partial charge in [0.05, 0.1) is 11.7 Å². The van der Waals surface area contributed by atoms with E-state index in [-0.39, 0.29) is 11.9 Å². The highest BCUT2D eigenvalue weighted by molar-refractivity contribution is 6.30. The van der Waals surface area contributed by atoms with E-state index in [0.717, 1.165) is 5.69 Å². The molecule has 0 aliphatic rings. The van der Waals surface area contributed by atoms with Gasteiger partial charge < -0.3 is 5.32 Å². The van der Waals surface area contributed by atoms with Gasteiger partial charge in [0.15, 0.2) is 0 Å². The summed E-state index contributed by atoms with van der Waals surface area (Å²) < 4.78 is 0. The Bertz CT molecular complexity index is 543. The number of nitrogens with zero attached hydrogens (tertiary/aromatic N) is 1. The molecule has 0 spiro atoms. The Morgan fingerprint density at radius 1 is 1.28 bits per heavy atom. The molecule has 1 aromatic carbocycles. The molecule has 3 nitrogen and oxygen atoms in total. The standard InChI is InChI=1S/C14H13ClN2O/c1-10(13-7-2-3-8-16-13)17-14(18)11-5-4-6-12(15)9-11/h2-10H,1H3,(H,17,18)/t10-/m0/s1. The summed E-state index contributed by atoms with van der Waals surface area (Å²) in [4.78, 5) is 16.2. The van der Waals surface area contributed by atoms with Crippen LogP contribution in [0.15, 0.2) is 48.7 Å². The lowest BCUT2D eigenvalue weighted by Crippen LogP contribution is -2.27. The van der Waals surface area contributed by atoms with Crippen molar-refractivity contribution in [2.75, 3.05) is 0 Å². The lowest BCUT2D eigenvalue weighted by Gasteiger charge is -2.13. The monoisotopic (exact) mass is 260 g/mol. The summed E-state index contributed by atoms with van der Waals surface area (Å²) in [6.07, 6.45) is 1.71. The second-order valence-electron chi connectivity index (χ2n) is 3.96. The average molecular weight is 261 g/mol. The predicted molar refractivity (Wildman–Crippen MR) is 71.6 cm³/mol. The number of benzene rings is 1. The van der Waals surface area contributed by atoms with Gasteiger partial charge in [0.2, 0.25) is 0 Å². The number of halogens is 1. The minimum absolute atomic E-state index is 0.141. The number of hydrogen-bond donors (Lipinski definition) is 1. The van der Waals surface area contributed by atoms with Gasteiger partial charge in [0.1, 0.15) is 0 Å². The summed E-state index contributed by atoms with van der Waals surface area (Å²) in [5.74, 6) is -0.157. The highest BCUT2D eigenvalue weighted by atomic mass is 35.5. The average Bonchev–Trinajstić information content (AvgIpc) is 2.39. The van der Waals surface area contributed by atoms with Crippen LogP contribution in [-0.2, 0) is 0 Å². The van der Waals surface area contributed by atoms with Crippen LogP contribution in [0.1, 0.15) is 29.0 Å². The van der Waals surface area contributed by atoms with Crippen LogP contribution in [0.3, 0.4) is 0 Å². The molecule has 1 heterocycles. The maximum Gasteiger partial charge on any atom is 0.251 e. The zero-order valence-corrected chi connectivity index (χ0v) is 10.7. The van der Waals surface area contributed by atoms with Crippen LogP contribution < -0.4 is 5.32 Å². The van der Waals surface area contributed by atoms with Gasteiger partial charge in [-0.2, -0.15) is 0 Å². The van der Waals surface area contributed by atoms with Crippen LogP contribution in [0, 0.1) is 0 Å². The number of pyridine rings is 1. The first-order chi connectivity index (χ1) is 8.66. The molecule has 92 valence electrons. The fourth-order valence-electron chi connectivity index (χ4n) is 1.62.